The molecular weight excluding hydrogens is 372 g/mol. The van der Waals surface area contributed by atoms with Crippen LogP contribution in [0.3, 0.4) is 0 Å². The molecule has 5 nitrogen and oxygen atoms in total. The van der Waals surface area contributed by atoms with Crippen LogP contribution in [0.15, 0.2) is 59.6 Å². The first kappa shape index (κ1) is 16.3. The maximum absolute atomic E-state index is 12.3. The average molecular weight is 387 g/mol. The van der Waals surface area contributed by atoms with Gasteiger partial charge in [-0.05, 0) is 30.3 Å². The van der Waals surface area contributed by atoms with Crippen LogP contribution in [0, 0.1) is 0 Å². The smallest absolute Gasteiger partial charge is 0.265 e. The topological polar surface area (TPSA) is 58.6 Å². The van der Waals surface area contributed by atoms with Gasteiger partial charge in [0.25, 0.3) is 11.8 Å². The molecule has 122 valence electrons. The number of anilines is 2. The summed E-state index contributed by atoms with van der Waals surface area (Å²) in [6, 6.07) is 12.4. The van der Waals surface area contributed by atoms with Gasteiger partial charge in [0.2, 0.25) is 0 Å². The fourth-order valence-corrected chi connectivity index (χ4v) is 2.84. The first-order chi connectivity index (χ1) is 11.6. The number of carbonyl (C=O) groups excluding carboxylic acids is 2. The molecule has 0 atom stereocenters. The molecule has 0 spiro atoms. The number of nitrogens with one attached hydrogen (secondary N) is 1. The normalized spacial score (nSPS) is 13.0. The second-order valence-corrected chi connectivity index (χ2v) is 6.14. The minimum absolute atomic E-state index is 0.0239. The maximum atomic E-state index is 12.3. The number of halogens is 1. The van der Waals surface area contributed by atoms with Crippen molar-refractivity contribution in [1.82, 2.24) is 0 Å². The standard InChI is InChI=1S/C18H15BrN2O3/c1-2-8-21-15-7-6-14(10-16(15)24-11-17(21)22)20-18(23)12-4-3-5-13(19)9-12/h2-7,9-10H,1,8,11H2,(H,20,23). The molecule has 0 saturated heterocycles. The van der Waals surface area contributed by atoms with E-state index in [-0.39, 0.29) is 18.4 Å². The lowest BCUT2D eigenvalue weighted by Gasteiger charge is -2.28. The molecule has 0 unspecified atom stereocenters. The molecule has 1 N–H and O–H groups in total. The molecule has 3 rings (SSSR count). The number of fused-ring (bicyclic) bond motifs is 1. The summed E-state index contributed by atoms with van der Waals surface area (Å²) in [5, 5.41) is 2.83. The van der Waals surface area contributed by atoms with Gasteiger partial charge in [0.1, 0.15) is 5.75 Å². The highest BCUT2D eigenvalue weighted by atomic mass is 79.9. The summed E-state index contributed by atoms with van der Waals surface area (Å²) in [5.41, 5.74) is 1.82. The lowest BCUT2D eigenvalue weighted by molar-refractivity contribution is -0.121. The molecule has 0 saturated carbocycles. The van der Waals surface area contributed by atoms with E-state index in [9.17, 15) is 9.59 Å². The van der Waals surface area contributed by atoms with Crippen molar-refractivity contribution in [3.63, 3.8) is 0 Å². The minimum atomic E-state index is -0.217. The van der Waals surface area contributed by atoms with Crippen molar-refractivity contribution in [3.05, 3.63) is 65.2 Å². The van der Waals surface area contributed by atoms with Crippen LogP contribution in [0.2, 0.25) is 0 Å². The molecule has 2 aromatic carbocycles. The molecule has 1 heterocycles. The quantitative estimate of drug-likeness (QED) is 0.816. The highest BCUT2D eigenvalue weighted by molar-refractivity contribution is 9.10. The summed E-state index contributed by atoms with van der Waals surface area (Å²) < 4.78 is 6.31. The van der Waals surface area contributed by atoms with Gasteiger partial charge in [-0.25, -0.2) is 0 Å². The van der Waals surface area contributed by atoms with Crippen molar-refractivity contribution >= 4 is 39.1 Å². The largest absolute Gasteiger partial charge is 0.481 e. The Morgan fingerprint density at radius 1 is 1.33 bits per heavy atom. The van der Waals surface area contributed by atoms with Crippen molar-refractivity contribution < 1.29 is 14.3 Å². The highest BCUT2D eigenvalue weighted by Gasteiger charge is 2.24. The van der Waals surface area contributed by atoms with Gasteiger partial charge in [0.15, 0.2) is 6.61 Å². The first-order valence-electron chi connectivity index (χ1n) is 7.33. The van der Waals surface area contributed by atoms with E-state index in [1.165, 1.54) is 0 Å². The average Bonchev–Trinajstić information content (AvgIpc) is 2.57. The summed E-state index contributed by atoms with van der Waals surface area (Å²) in [7, 11) is 0. The van der Waals surface area contributed by atoms with E-state index < -0.39 is 0 Å². The molecule has 0 aromatic heterocycles. The van der Waals surface area contributed by atoms with Crippen LogP contribution >= 0.6 is 15.9 Å². The lowest BCUT2D eigenvalue weighted by Crippen LogP contribution is -2.38. The van der Waals surface area contributed by atoms with Crippen molar-refractivity contribution in [2.75, 3.05) is 23.4 Å². The molecule has 0 aliphatic carbocycles. The Morgan fingerprint density at radius 2 is 2.17 bits per heavy atom. The SMILES string of the molecule is C=CCN1C(=O)COc2cc(NC(=O)c3cccc(Br)c3)ccc21. The lowest BCUT2D eigenvalue weighted by atomic mass is 10.2. The van der Waals surface area contributed by atoms with Crippen LogP contribution in [0.1, 0.15) is 10.4 Å². The van der Waals surface area contributed by atoms with E-state index >= 15 is 0 Å². The van der Waals surface area contributed by atoms with Crippen LogP contribution in [0.25, 0.3) is 0 Å². The number of ether oxygens (including phenoxy) is 1. The first-order valence-corrected chi connectivity index (χ1v) is 8.13. The minimum Gasteiger partial charge on any atom is -0.481 e. The van der Waals surface area contributed by atoms with Crippen LogP contribution in [0.4, 0.5) is 11.4 Å². The van der Waals surface area contributed by atoms with Gasteiger partial charge in [-0.1, -0.05) is 28.1 Å². The zero-order valence-corrected chi connectivity index (χ0v) is 14.4. The predicted octanol–water partition coefficient (Wildman–Crippen LogP) is 3.61. The number of carbonyl (C=O) groups is 2. The molecule has 1 aliphatic rings. The summed E-state index contributed by atoms with van der Waals surface area (Å²) in [4.78, 5) is 25.8. The molecule has 0 radical (unpaired) electrons. The van der Waals surface area contributed by atoms with Gasteiger partial charge in [-0.2, -0.15) is 0 Å². The van der Waals surface area contributed by atoms with Crippen molar-refractivity contribution in [1.29, 1.82) is 0 Å². The van der Waals surface area contributed by atoms with E-state index in [2.05, 4.69) is 27.8 Å². The van der Waals surface area contributed by atoms with Gasteiger partial charge in [0, 0.05) is 28.3 Å². The molecule has 24 heavy (non-hydrogen) atoms. The molecular formula is C18H15BrN2O3. The third-order valence-electron chi connectivity index (χ3n) is 3.56. The zero-order valence-electron chi connectivity index (χ0n) is 12.8. The monoisotopic (exact) mass is 386 g/mol. The zero-order chi connectivity index (χ0) is 17.1. The molecule has 1 aliphatic heterocycles. The molecule has 0 fully saturated rings. The fraction of sp³-hybridized carbons (Fsp3) is 0.111. The van der Waals surface area contributed by atoms with E-state index in [1.807, 2.05) is 6.07 Å². The van der Waals surface area contributed by atoms with Crippen molar-refractivity contribution in [2.45, 2.75) is 0 Å². The van der Waals surface area contributed by atoms with Gasteiger partial charge >= 0.3 is 0 Å². The fourth-order valence-electron chi connectivity index (χ4n) is 2.44. The van der Waals surface area contributed by atoms with Gasteiger partial charge < -0.3 is 15.0 Å². The van der Waals surface area contributed by atoms with Crippen LogP contribution in [0.5, 0.6) is 5.75 Å². The van der Waals surface area contributed by atoms with Gasteiger partial charge in [-0.15, -0.1) is 6.58 Å². The maximum Gasteiger partial charge on any atom is 0.265 e. The molecule has 6 heteroatoms. The van der Waals surface area contributed by atoms with E-state index in [1.54, 1.807) is 47.4 Å². The van der Waals surface area contributed by atoms with Crippen LogP contribution < -0.4 is 15.0 Å². The Bertz CT molecular complexity index is 820. The molecule has 2 aromatic rings. The highest BCUT2D eigenvalue weighted by Crippen LogP contribution is 2.34. The number of amides is 2. The summed E-state index contributed by atoms with van der Waals surface area (Å²) in [5.74, 6) is 0.225. The number of hydrogen-bond donors (Lipinski definition) is 1. The van der Waals surface area contributed by atoms with Crippen molar-refractivity contribution in [3.8, 4) is 5.75 Å². The Hall–Kier alpha value is -2.60. The second kappa shape index (κ2) is 6.88. The van der Waals surface area contributed by atoms with E-state index in [4.69, 9.17) is 4.74 Å². The Balaban J connectivity index is 1.83. The number of nitrogens with zero attached hydrogens (tertiary/aromatic N) is 1. The van der Waals surface area contributed by atoms with Gasteiger partial charge in [0.05, 0.1) is 5.69 Å². The Morgan fingerprint density at radius 3 is 2.92 bits per heavy atom. The second-order valence-electron chi connectivity index (χ2n) is 5.23. The molecule has 0 bridgehead atoms. The summed E-state index contributed by atoms with van der Waals surface area (Å²) >= 11 is 3.35. The number of benzene rings is 2. The van der Waals surface area contributed by atoms with E-state index in [0.717, 1.165) is 4.47 Å². The summed E-state index contributed by atoms with van der Waals surface area (Å²) in [6.07, 6.45) is 1.66. The number of rotatable bonds is 4. The van der Waals surface area contributed by atoms with Crippen LogP contribution in [-0.4, -0.2) is 25.0 Å². The van der Waals surface area contributed by atoms with Crippen molar-refractivity contribution in [2.24, 2.45) is 0 Å². The Kier molecular flexibility index (Phi) is 4.66. The van der Waals surface area contributed by atoms with Gasteiger partial charge in [-0.3, -0.25) is 9.59 Å². The molecule has 2 amide bonds. The number of hydrogen-bond acceptors (Lipinski definition) is 3. The third kappa shape index (κ3) is 3.33. The third-order valence-corrected chi connectivity index (χ3v) is 4.05. The Labute approximate surface area is 148 Å². The summed E-state index contributed by atoms with van der Waals surface area (Å²) in [6.45, 7) is 4.06. The van der Waals surface area contributed by atoms with E-state index in [0.29, 0.717) is 29.2 Å². The van der Waals surface area contributed by atoms with Crippen LogP contribution in [-0.2, 0) is 4.79 Å². The predicted molar refractivity (Wildman–Crippen MR) is 96.6 cm³/mol.